The second-order valence-electron chi connectivity index (χ2n) is 4.21. The van der Waals surface area contributed by atoms with Crippen LogP contribution in [0.4, 0.5) is 0 Å². The van der Waals surface area contributed by atoms with Crippen LogP contribution in [-0.4, -0.2) is 19.9 Å². The zero-order valence-electron chi connectivity index (χ0n) is 10.6. The van der Waals surface area contributed by atoms with Gasteiger partial charge in [-0.3, -0.25) is 4.79 Å². The minimum atomic E-state index is -3.98. The number of hydrogen-bond acceptors (Lipinski definition) is 3. The molecule has 4 nitrogen and oxygen atoms in total. The van der Waals surface area contributed by atoms with Crippen LogP contribution in [0.5, 0.6) is 0 Å². The molecule has 21 heavy (non-hydrogen) atoms. The van der Waals surface area contributed by atoms with Crippen molar-refractivity contribution >= 4 is 56.3 Å². The van der Waals surface area contributed by atoms with Crippen LogP contribution in [0.1, 0.15) is 5.56 Å². The van der Waals surface area contributed by atoms with E-state index in [0.29, 0.717) is 0 Å². The summed E-state index contributed by atoms with van der Waals surface area (Å²) in [6, 6.07) is 6.13. The summed E-state index contributed by atoms with van der Waals surface area (Å²) in [4.78, 5) is 11.5. The van der Waals surface area contributed by atoms with E-state index < -0.39 is 15.8 Å². The molecule has 0 fully saturated rings. The third kappa shape index (κ3) is 3.37. The van der Waals surface area contributed by atoms with Crippen molar-refractivity contribution in [3.63, 3.8) is 0 Å². The van der Waals surface area contributed by atoms with E-state index in [2.05, 4.69) is 4.40 Å². The van der Waals surface area contributed by atoms with E-state index in [1.807, 2.05) is 6.92 Å². The van der Waals surface area contributed by atoms with Gasteiger partial charge in [0, 0.05) is 0 Å². The quantitative estimate of drug-likeness (QED) is 0.754. The Balaban J connectivity index is 2.52. The normalized spacial score (nSPS) is 18.2. The fourth-order valence-corrected chi connectivity index (χ4v) is 3.19. The van der Waals surface area contributed by atoms with Crippen molar-refractivity contribution in [2.75, 3.05) is 0 Å². The minimum Gasteiger partial charge on any atom is -0.287 e. The number of aryl methyl sites for hydroxylation is 1. The Bertz CT molecular complexity index is 806. The molecule has 1 aromatic carbocycles. The Labute approximate surface area is 136 Å². The van der Waals surface area contributed by atoms with E-state index >= 15 is 0 Å². The van der Waals surface area contributed by atoms with Gasteiger partial charge in [-0.25, -0.2) is 0 Å². The molecule has 0 unspecified atom stereocenters. The lowest BCUT2D eigenvalue weighted by Gasteiger charge is -2.10. The summed E-state index contributed by atoms with van der Waals surface area (Å²) >= 11 is 17.2. The van der Waals surface area contributed by atoms with Crippen molar-refractivity contribution in [1.29, 1.82) is 0 Å². The Hall–Kier alpha value is -1.14. The minimum absolute atomic E-state index is 0.00242. The van der Waals surface area contributed by atoms with Crippen molar-refractivity contribution in [1.82, 2.24) is 0 Å². The predicted octanol–water partition coefficient (Wildman–Crippen LogP) is 3.52. The van der Waals surface area contributed by atoms with Crippen LogP contribution >= 0.6 is 34.8 Å². The number of hydrogen-bond donors (Lipinski definition) is 0. The molecule has 0 saturated heterocycles. The fourth-order valence-electron chi connectivity index (χ4n) is 1.52. The second kappa shape index (κ2) is 5.93. The first-order chi connectivity index (χ1) is 9.72. The number of halogens is 3. The van der Waals surface area contributed by atoms with Gasteiger partial charge in [0.15, 0.2) is 0 Å². The van der Waals surface area contributed by atoms with E-state index in [9.17, 15) is 13.2 Å². The van der Waals surface area contributed by atoms with Crippen molar-refractivity contribution in [2.24, 2.45) is 4.40 Å². The van der Waals surface area contributed by atoms with Crippen LogP contribution in [-0.2, 0) is 14.8 Å². The Morgan fingerprint density at radius 2 is 1.57 bits per heavy atom. The average Bonchev–Trinajstić information content (AvgIpc) is 2.42. The molecule has 0 bridgehead atoms. The molecule has 1 aliphatic carbocycles. The molecule has 0 N–H and O–H groups in total. The molecule has 2 rings (SSSR count). The van der Waals surface area contributed by atoms with Gasteiger partial charge in [0.1, 0.15) is 5.03 Å². The molecule has 0 aromatic heterocycles. The van der Waals surface area contributed by atoms with Crippen LogP contribution in [0.2, 0.25) is 0 Å². The lowest BCUT2D eigenvalue weighted by atomic mass is 10.1. The fraction of sp³-hybridized carbons (Fsp3) is 0.0769. The van der Waals surface area contributed by atoms with Crippen molar-refractivity contribution in [2.45, 2.75) is 11.8 Å². The van der Waals surface area contributed by atoms with Crippen LogP contribution in [0, 0.1) is 6.92 Å². The number of rotatable bonds is 2. The van der Waals surface area contributed by atoms with E-state index in [-0.39, 0.29) is 25.7 Å². The molecular weight excluding hydrogens is 357 g/mol. The van der Waals surface area contributed by atoms with Crippen molar-refractivity contribution in [3.05, 3.63) is 51.0 Å². The Morgan fingerprint density at radius 1 is 1.00 bits per heavy atom. The highest BCUT2D eigenvalue weighted by atomic mass is 35.5. The summed E-state index contributed by atoms with van der Waals surface area (Å²) in [5, 5.41) is -0.856. The highest BCUT2D eigenvalue weighted by Gasteiger charge is 2.26. The standard InChI is InChI=1S/C13H8Cl3NO3S/c1-7-2-4-8(5-3-7)21(19,20)17-10-6-9(14)13(18)12(16)11(10)15/h2-6H,1H3. The SMILES string of the molecule is Cc1ccc(S(=O)(=O)N=C2C=C(Cl)C(=O)C(Cl)=C2Cl)cc1. The Morgan fingerprint density at radius 3 is 2.14 bits per heavy atom. The lowest BCUT2D eigenvalue weighted by molar-refractivity contribution is -0.111. The van der Waals surface area contributed by atoms with Crippen LogP contribution < -0.4 is 0 Å². The van der Waals surface area contributed by atoms with Gasteiger partial charge in [0.05, 0.1) is 20.7 Å². The number of Topliss-reactive ketones (excluding diaryl/α,β-unsaturated/α-hetero) is 1. The van der Waals surface area contributed by atoms with E-state index in [1.165, 1.54) is 12.1 Å². The number of carbonyl (C=O) groups excluding carboxylic acids is 1. The summed E-state index contributed by atoms with van der Waals surface area (Å²) in [5.41, 5.74) is 0.737. The van der Waals surface area contributed by atoms with Gasteiger partial charge in [0.2, 0.25) is 5.78 Å². The number of benzene rings is 1. The van der Waals surface area contributed by atoms with Gasteiger partial charge in [-0.15, -0.1) is 0 Å². The number of carbonyl (C=O) groups is 1. The van der Waals surface area contributed by atoms with E-state index in [4.69, 9.17) is 34.8 Å². The van der Waals surface area contributed by atoms with Crippen molar-refractivity contribution < 1.29 is 13.2 Å². The maximum absolute atomic E-state index is 12.2. The number of ketones is 1. The van der Waals surface area contributed by atoms with Gasteiger partial charge >= 0.3 is 0 Å². The van der Waals surface area contributed by atoms with Gasteiger partial charge < -0.3 is 0 Å². The van der Waals surface area contributed by atoms with Gasteiger partial charge in [-0.1, -0.05) is 52.5 Å². The van der Waals surface area contributed by atoms with Crippen LogP contribution in [0.15, 0.2) is 54.7 Å². The molecule has 8 heteroatoms. The van der Waals surface area contributed by atoms with E-state index in [1.54, 1.807) is 12.1 Å². The first-order valence-electron chi connectivity index (χ1n) is 5.61. The second-order valence-corrected chi connectivity index (χ2v) is 6.98. The maximum Gasteiger partial charge on any atom is 0.282 e. The number of nitrogens with zero attached hydrogens (tertiary/aromatic N) is 1. The van der Waals surface area contributed by atoms with Crippen molar-refractivity contribution in [3.8, 4) is 0 Å². The summed E-state index contributed by atoms with van der Waals surface area (Å²) < 4.78 is 28.0. The third-order valence-corrected chi connectivity index (χ3v) is 5.06. The molecular formula is C13H8Cl3NO3S. The molecule has 0 aliphatic heterocycles. The summed E-state index contributed by atoms with van der Waals surface area (Å²) in [6.45, 7) is 1.83. The molecule has 1 aliphatic rings. The third-order valence-electron chi connectivity index (χ3n) is 2.63. The predicted molar refractivity (Wildman–Crippen MR) is 83.5 cm³/mol. The highest BCUT2D eigenvalue weighted by Crippen LogP contribution is 2.28. The van der Waals surface area contributed by atoms with Crippen LogP contribution in [0.3, 0.4) is 0 Å². The number of sulfonamides is 1. The number of allylic oxidation sites excluding steroid dienone is 4. The zero-order chi connectivity index (χ0) is 15.8. The van der Waals surface area contributed by atoms with Gasteiger partial charge in [-0.2, -0.15) is 12.8 Å². The molecule has 0 radical (unpaired) electrons. The Kier molecular flexibility index (Phi) is 4.58. The largest absolute Gasteiger partial charge is 0.287 e. The summed E-state index contributed by atoms with van der Waals surface area (Å²) in [7, 11) is -3.98. The smallest absolute Gasteiger partial charge is 0.282 e. The molecule has 0 heterocycles. The molecule has 110 valence electrons. The molecule has 0 atom stereocenters. The monoisotopic (exact) mass is 363 g/mol. The topological polar surface area (TPSA) is 63.6 Å². The molecule has 0 amide bonds. The molecule has 1 aromatic rings. The van der Waals surface area contributed by atoms with Gasteiger partial charge in [0.25, 0.3) is 10.0 Å². The highest BCUT2D eigenvalue weighted by molar-refractivity contribution is 7.90. The first-order valence-corrected chi connectivity index (χ1v) is 8.19. The summed E-state index contributed by atoms with van der Waals surface area (Å²) in [6.07, 6.45) is 1.07. The van der Waals surface area contributed by atoms with Gasteiger partial charge in [-0.05, 0) is 25.1 Å². The molecule has 0 spiro atoms. The lowest BCUT2D eigenvalue weighted by Crippen LogP contribution is -2.13. The van der Waals surface area contributed by atoms with Crippen LogP contribution in [0.25, 0.3) is 0 Å². The zero-order valence-corrected chi connectivity index (χ0v) is 13.7. The first kappa shape index (κ1) is 16.2. The molecule has 0 saturated carbocycles. The average molecular weight is 365 g/mol. The summed E-state index contributed by atoms with van der Waals surface area (Å²) in [5.74, 6) is -0.671. The maximum atomic E-state index is 12.2. The van der Waals surface area contributed by atoms with E-state index in [0.717, 1.165) is 11.6 Å².